The van der Waals surface area contributed by atoms with Gasteiger partial charge in [0.2, 0.25) is 0 Å². The number of carbonyl (C=O) groups is 1. The third-order valence-corrected chi connectivity index (χ3v) is 4.80. The summed E-state index contributed by atoms with van der Waals surface area (Å²) in [6.07, 6.45) is 14.2. The molecule has 0 bridgehead atoms. The third-order valence-electron chi connectivity index (χ3n) is 4.80. The molecule has 0 amide bonds. The van der Waals surface area contributed by atoms with Gasteiger partial charge < -0.3 is 4.74 Å². The quantitative estimate of drug-likeness (QED) is 0.312. The van der Waals surface area contributed by atoms with Crippen molar-refractivity contribution >= 4 is 5.97 Å². The molecule has 0 saturated heterocycles. The summed E-state index contributed by atoms with van der Waals surface area (Å²) in [5.74, 6) is 0.846. The summed E-state index contributed by atoms with van der Waals surface area (Å²) in [4.78, 5) is 11.7. The summed E-state index contributed by atoms with van der Waals surface area (Å²) < 4.78 is 4.83. The second-order valence-electron chi connectivity index (χ2n) is 7.19. The van der Waals surface area contributed by atoms with Crippen molar-refractivity contribution in [3.8, 4) is 0 Å². The Morgan fingerprint density at radius 3 is 2.43 bits per heavy atom. The van der Waals surface area contributed by atoms with E-state index in [4.69, 9.17) is 4.74 Å². The molecule has 0 aromatic carbocycles. The summed E-state index contributed by atoms with van der Waals surface area (Å²) in [5.41, 5.74) is 3.41. The highest BCUT2D eigenvalue weighted by atomic mass is 16.5. The topological polar surface area (TPSA) is 26.3 Å². The molecule has 1 rings (SSSR count). The Kier molecular flexibility index (Phi) is 8.98. The van der Waals surface area contributed by atoms with Crippen LogP contribution in [0.25, 0.3) is 0 Å². The highest BCUT2D eigenvalue weighted by Gasteiger charge is 2.24. The van der Waals surface area contributed by atoms with Crippen molar-refractivity contribution in [3.05, 3.63) is 35.5 Å². The van der Waals surface area contributed by atoms with Gasteiger partial charge in [-0.3, -0.25) is 0 Å². The van der Waals surface area contributed by atoms with E-state index in [9.17, 15) is 4.79 Å². The number of rotatable bonds is 8. The fourth-order valence-electron chi connectivity index (χ4n) is 3.47. The van der Waals surface area contributed by atoms with E-state index in [2.05, 4.69) is 39.5 Å². The fraction of sp³-hybridized carbons (Fsp3) is 0.667. The van der Waals surface area contributed by atoms with Crippen LogP contribution in [-0.4, -0.2) is 13.1 Å². The molecule has 0 aromatic heterocycles. The molecular weight excluding hydrogens is 284 g/mol. The number of carbonyl (C=O) groups excluding carboxylic acids is 1. The Labute approximate surface area is 142 Å². The van der Waals surface area contributed by atoms with Gasteiger partial charge in [-0.25, -0.2) is 4.79 Å². The van der Waals surface area contributed by atoms with Gasteiger partial charge in [-0.05, 0) is 64.7 Å². The first kappa shape index (κ1) is 19.7. The molecule has 1 fully saturated rings. The minimum Gasteiger partial charge on any atom is -0.466 e. The summed E-state index contributed by atoms with van der Waals surface area (Å²) >= 11 is 0. The van der Waals surface area contributed by atoms with Crippen LogP contribution in [0.2, 0.25) is 0 Å². The second-order valence-corrected chi connectivity index (χ2v) is 7.19. The molecule has 1 saturated carbocycles. The highest BCUT2D eigenvalue weighted by Crippen LogP contribution is 2.35. The number of hydrogen-bond acceptors (Lipinski definition) is 2. The molecule has 1 aliphatic rings. The Hall–Kier alpha value is -1.31. The average Bonchev–Trinajstić information content (AvgIpc) is 2.53. The molecule has 0 radical (unpaired) electrons. The van der Waals surface area contributed by atoms with Crippen LogP contribution in [0.1, 0.15) is 72.1 Å². The molecule has 0 aliphatic heterocycles. The van der Waals surface area contributed by atoms with E-state index in [-0.39, 0.29) is 5.97 Å². The first-order valence-corrected chi connectivity index (χ1v) is 9.00. The van der Waals surface area contributed by atoms with Crippen molar-refractivity contribution in [1.29, 1.82) is 0 Å². The molecule has 23 heavy (non-hydrogen) atoms. The van der Waals surface area contributed by atoms with Crippen molar-refractivity contribution in [1.82, 2.24) is 0 Å². The van der Waals surface area contributed by atoms with Gasteiger partial charge in [0.05, 0.1) is 7.11 Å². The zero-order valence-electron chi connectivity index (χ0n) is 15.5. The van der Waals surface area contributed by atoms with Crippen LogP contribution < -0.4 is 0 Å². The van der Waals surface area contributed by atoms with Gasteiger partial charge >= 0.3 is 5.97 Å². The smallest absolute Gasteiger partial charge is 0.333 e. The molecule has 0 aromatic rings. The molecular formula is C21H34O2. The number of ether oxygens (including phenoxy) is 1. The van der Waals surface area contributed by atoms with Crippen LogP contribution in [0.3, 0.4) is 0 Å². The molecule has 130 valence electrons. The predicted octanol–water partition coefficient (Wildman–Crippen LogP) is 5.99. The van der Waals surface area contributed by atoms with Crippen molar-refractivity contribution in [3.63, 3.8) is 0 Å². The van der Waals surface area contributed by atoms with Gasteiger partial charge in [-0.1, -0.05) is 49.1 Å². The number of methoxy groups -OCH3 is 1. The second kappa shape index (κ2) is 10.5. The van der Waals surface area contributed by atoms with E-state index in [0.29, 0.717) is 17.4 Å². The Morgan fingerprint density at radius 1 is 1.22 bits per heavy atom. The van der Waals surface area contributed by atoms with Crippen molar-refractivity contribution < 1.29 is 9.53 Å². The van der Waals surface area contributed by atoms with E-state index in [0.717, 1.165) is 19.3 Å². The van der Waals surface area contributed by atoms with Gasteiger partial charge in [-0.2, -0.15) is 0 Å². The van der Waals surface area contributed by atoms with E-state index in [1.807, 2.05) is 0 Å². The maximum Gasteiger partial charge on any atom is 0.333 e. The van der Waals surface area contributed by atoms with Crippen molar-refractivity contribution in [2.45, 2.75) is 72.1 Å². The molecule has 0 heterocycles. The van der Waals surface area contributed by atoms with E-state index >= 15 is 0 Å². The molecule has 1 unspecified atom stereocenters. The summed E-state index contributed by atoms with van der Waals surface area (Å²) in [5, 5.41) is 0. The first-order chi connectivity index (χ1) is 10.9. The lowest BCUT2D eigenvalue weighted by atomic mass is 9.76. The van der Waals surface area contributed by atoms with Gasteiger partial charge in [0.25, 0.3) is 0 Å². The van der Waals surface area contributed by atoms with E-state index < -0.39 is 0 Å². The third kappa shape index (κ3) is 7.67. The van der Waals surface area contributed by atoms with Crippen molar-refractivity contribution in [2.24, 2.45) is 11.8 Å². The van der Waals surface area contributed by atoms with Crippen LogP contribution in [0.5, 0.6) is 0 Å². The largest absolute Gasteiger partial charge is 0.466 e. The highest BCUT2D eigenvalue weighted by molar-refractivity contribution is 5.87. The van der Waals surface area contributed by atoms with E-state index in [1.54, 1.807) is 0 Å². The molecule has 0 spiro atoms. The van der Waals surface area contributed by atoms with Crippen LogP contribution in [0.15, 0.2) is 35.5 Å². The normalized spacial score (nSPS) is 17.5. The maximum atomic E-state index is 11.7. The van der Waals surface area contributed by atoms with E-state index in [1.165, 1.54) is 50.4 Å². The summed E-state index contributed by atoms with van der Waals surface area (Å²) in [6, 6.07) is 0. The Balaban J connectivity index is 2.74. The summed E-state index contributed by atoms with van der Waals surface area (Å²) in [7, 11) is 1.43. The number of allylic oxidation sites excluding steroid dienone is 4. The number of esters is 1. The lowest BCUT2D eigenvalue weighted by Crippen LogP contribution is -2.19. The zero-order chi connectivity index (χ0) is 17.2. The average molecular weight is 319 g/mol. The monoisotopic (exact) mass is 318 g/mol. The minimum atomic E-state index is -0.263. The fourth-order valence-corrected chi connectivity index (χ4v) is 3.47. The minimum absolute atomic E-state index is 0.263. The first-order valence-electron chi connectivity index (χ1n) is 9.00. The lowest BCUT2D eigenvalue weighted by Gasteiger charge is -2.29. The molecule has 2 nitrogen and oxygen atoms in total. The molecule has 2 heteroatoms. The summed E-state index contributed by atoms with van der Waals surface area (Å²) in [6.45, 7) is 10.4. The lowest BCUT2D eigenvalue weighted by molar-refractivity contribution is -0.136. The SMILES string of the molecule is C=C(CC(/C=C(\C)CCC=C(C)C)C1CCCCC1)C(=O)OC. The Bertz CT molecular complexity index is 446. The van der Waals surface area contributed by atoms with Crippen LogP contribution >= 0.6 is 0 Å². The van der Waals surface area contributed by atoms with Crippen LogP contribution in [-0.2, 0) is 9.53 Å². The van der Waals surface area contributed by atoms with Gasteiger partial charge in [0, 0.05) is 5.57 Å². The molecule has 0 N–H and O–H groups in total. The Morgan fingerprint density at radius 2 is 1.87 bits per heavy atom. The molecule has 1 aliphatic carbocycles. The predicted molar refractivity (Wildman–Crippen MR) is 98.3 cm³/mol. The maximum absolute atomic E-state index is 11.7. The van der Waals surface area contributed by atoms with Gasteiger partial charge in [0.15, 0.2) is 0 Å². The van der Waals surface area contributed by atoms with Gasteiger partial charge in [0.1, 0.15) is 0 Å². The van der Waals surface area contributed by atoms with Gasteiger partial charge in [-0.15, -0.1) is 0 Å². The van der Waals surface area contributed by atoms with Crippen LogP contribution in [0, 0.1) is 11.8 Å². The zero-order valence-corrected chi connectivity index (χ0v) is 15.5. The number of hydrogen-bond donors (Lipinski definition) is 0. The van der Waals surface area contributed by atoms with Crippen LogP contribution in [0.4, 0.5) is 0 Å². The van der Waals surface area contributed by atoms with Crippen molar-refractivity contribution in [2.75, 3.05) is 7.11 Å². The molecule has 1 atom stereocenters. The standard InChI is InChI=1S/C21H34O2/c1-16(2)10-9-11-17(3)14-20(15-18(4)21(22)23-5)19-12-7-6-8-13-19/h10,14,19-20H,4,6-9,11-13,15H2,1-3,5H3/b17-14+.